The number of aryl methyl sites for hydroxylation is 1. The fraction of sp³-hybridized carbons (Fsp3) is 0.308. The molecule has 0 saturated carbocycles. The monoisotopic (exact) mass is 263 g/mol. The van der Waals surface area contributed by atoms with Crippen LogP contribution in [0.4, 0.5) is 11.4 Å². The molecule has 3 N–H and O–H groups in total. The summed E-state index contributed by atoms with van der Waals surface area (Å²) in [5.41, 5.74) is 8.56. The molecule has 96 valence electrons. The normalized spacial score (nSPS) is 12.2. The quantitative estimate of drug-likeness (QED) is 0.831. The Morgan fingerprint density at radius 1 is 1.44 bits per heavy atom. The lowest BCUT2D eigenvalue weighted by atomic mass is 10.2. The molecule has 2 rings (SSSR count). The van der Waals surface area contributed by atoms with Gasteiger partial charge >= 0.3 is 0 Å². The number of nitrogens with zero attached hydrogens (tertiary/aromatic N) is 1. The van der Waals surface area contributed by atoms with Crippen molar-refractivity contribution in [3.63, 3.8) is 0 Å². The highest BCUT2D eigenvalue weighted by atomic mass is 32.1. The van der Waals surface area contributed by atoms with Crippen LogP contribution in [0.1, 0.15) is 23.7 Å². The maximum absolute atomic E-state index is 6.02. The summed E-state index contributed by atoms with van der Waals surface area (Å²) < 4.78 is 5.20. The van der Waals surface area contributed by atoms with Gasteiger partial charge < -0.3 is 15.8 Å². The summed E-state index contributed by atoms with van der Waals surface area (Å²) in [6.07, 6.45) is 0. The van der Waals surface area contributed by atoms with Crippen molar-refractivity contribution in [1.82, 2.24) is 4.98 Å². The van der Waals surface area contributed by atoms with Crippen LogP contribution in [0.3, 0.4) is 0 Å². The van der Waals surface area contributed by atoms with Crippen molar-refractivity contribution in [3.05, 3.63) is 34.3 Å². The summed E-state index contributed by atoms with van der Waals surface area (Å²) in [6.45, 7) is 4.06. The summed E-state index contributed by atoms with van der Waals surface area (Å²) in [4.78, 5) is 4.46. The lowest BCUT2D eigenvalue weighted by Crippen LogP contribution is -2.08. The fourth-order valence-electron chi connectivity index (χ4n) is 1.71. The van der Waals surface area contributed by atoms with Crippen LogP contribution in [0.25, 0.3) is 0 Å². The van der Waals surface area contributed by atoms with E-state index < -0.39 is 0 Å². The molecule has 5 heteroatoms. The number of benzene rings is 1. The van der Waals surface area contributed by atoms with Gasteiger partial charge in [-0.2, -0.15) is 0 Å². The molecular weight excluding hydrogens is 246 g/mol. The number of hydrogen-bond acceptors (Lipinski definition) is 5. The third-order valence-corrected chi connectivity index (χ3v) is 3.81. The molecule has 1 atom stereocenters. The Hall–Kier alpha value is -1.75. The molecule has 0 bridgehead atoms. The molecule has 0 spiro atoms. The highest BCUT2D eigenvalue weighted by Crippen LogP contribution is 2.32. The van der Waals surface area contributed by atoms with Crippen molar-refractivity contribution in [3.8, 4) is 5.75 Å². The highest BCUT2D eigenvalue weighted by Gasteiger charge is 2.12. The minimum atomic E-state index is 0.123. The molecule has 4 nitrogen and oxygen atoms in total. The number of anilines is 2. The van der Waals surface area contributed by atoms with E-state index in [9.17, 15) is 0 Å². The number of para-hydroxylation sites is 1. The predicted octanol–water partition coefficient (Wildman–Crippen LogP) is 3.22. The molecule has 0 aliphatic heterocycles. The van der Waals surface area contributed by atoms with Gasteiger partial charge in [0.1, 0.15) is 10.8 Å². The van der Waals surface area contributed by atoms with Gasteiger partial charge in [-0.25, -0.2) is 4.98 Å². The number of ether oxygens (including phenoxy) is 1. The summed E-state index contributed by atoms with van der Waals surface area (Å²) >= 11 is 1.65. The number of nitrogens with one attached hydrogen (secondary N) is 1. The van der Waals surface area contributed by atoms with E-state index in [1.54, 1.807) is 18.4 Å². The van der Waals surface area contributed by atoms with Crippen LogP contribution >= 0.6 is 11.3 Å². The number of rotatable bonds is 4. The van der Waals surface area contributed by atoms with Crippen molar-refractivity contribution in [1.29, 1.82) is 0 Å². The van der Waals surface area contributed by atoms with E-state index in [4.69, 9.17) is 10.5 Å². The number of nitrogens with two attached hydrogens (primary N) is 1. The van der Waals surface area contributed by atoms with E-state index in [2.05, 4.69) is 17.2 Å². The molecule has 0 fully saturated rings. The van der Waals surface area contributed by atoms with Gasteiger partial charge in [0, 0.05) is 11.1 Å². The summed E-state index contributed by atoms with van der Waals surface area (Å²) in [5.74, 6) is 0.683. The average molecular weight is 263 g/mol. The zero-order chi connectivity index (χ0) is 13.1. The van der Waals surface area contributed by atoms with Gasteiger partial charge in [-0.05, 0) is 26.0 Å². The van der Waals surface area contributed by atoms with Crippen LogP contribution in [0.5, 0.6) is 5.75 Å². The van der Waals surface area contributed by atoms with Crippen LogP contribution in [0.15, 0.2) is 23.6 Å². The molecule has 1 aromatic carbocycles. The standard InChI is InChI=1S/C13H17N3OS/c1-8-7-18-13(15-8)9(2)16-10-5-4-6-11(17-3)12(10)14/h4-7,9,16H,14H2,1-3H3. The zero-order valence-corrected chi connectivity index (χ0v) is 11.5. The third kappa shape index (κ3) is 2.56. The Morgan fingerprint density at radius 3 is 2.83 bits per heavy atom. The first-order chi connectivity index (χ1) is 8.61. The van der Waals surface area contributed by atoms with Crippen molar-refractivity contribution in [2.75, 3.05) is 18.2 Å². The second-order valence-electron chi connectivity index (χ2n) is 4.11. The molecule has 0 aliphatic rings. The Labute approximate surface area is 111 Å². The Kier molecular flexibility index (Phi) is 3.72. The van der Waals surface area contributed by atoms with E-state index >= 15 is 0 Å². The molecule has 1 aromatic heterocycles. The van der Waals surface area contributed by atoms with Crippen LogP contribution in [-0.2, 0) is 0 Å². The van der Waals surface area contributed by atoms with Gasteiger partial charge in [-0.15, -0.1) is 11.3 Å². The van der Waals surface area contributed by atoms with Gasteiger partial charge in [-0.1, -0.05) is 6.07 Å². The van der Waals surface area contributed by atoms with E-state index in [0.29, 0.717) is 11.4 Å². The van der Waals surface area contributed by atoms with Gasteiger partial charge in [-0.3, -0.25) is 0 Å². The largest absolute Gasteiger partial charge is 0.495 e. The SMILES string of the molecule is COc1cccc(NC(C)c2nc(C)cs2)c1N. The van der Waals surface area contributed by atoms with Crippen molar-refractivity contribution in [2.24, 2.45) is 0 Å². The molecule has 1 unspecified atom stereocenters. The van der Waals surface area contributed by atoms with Crippen molar-refractivity contribution in [2.45, 2.75) is 19.9 Å². The molecule has 18 heavy (non-hydrogen) atoms. The van der Waals surface area contributed by atoms with E-state index in [-0.39, 0.29) is 6.04 Å². The summed E-state index contributed by atoms with van der Waals surface area (Å²) in [7, 11) is 1.61. The fourth-order valence-corrected chi connectivity index (χ4v) is 2.52. The number of nitrogen functional groups attached to an aromatic ring is 1. The number of thiazole rings is 1. The number of aromatic nitrogens is 1. The molecule has 0 radical (unpaired) electrons. The van der Waals surface area contributed by atoms with Crippen LogP contribution < -0.4 is 15.8 Å². The molecule has 0 amide bonds. The molecule has 0 aliphatic carbocycles. The van der Waals surface area contributed by atoms with Crippen LogP contribution in [-0.4, -0.2) is 12.1 Å². The van der Waals surface area contributed by atoms with Gasteiger partial charge in [0.25, 0.3) is 0 Å². The number of hydrogen-bond donors (Lipinski definition) is 2. The summed E-state index contributed by atoms with van der Waals surface area (Å²) in [6, 6.07) is 5.82. The maximum Gasteiger partial charge on any atom is 0.143 e. The van der Waals surface area contributed by atoms with Crippen molar-refractivity contribution >= 4 is 22.7 Å². The molecule has 0 saturated heterocycles. The first-order valence-corrected chi connectivity index (χ1v) is 6.61. The summed E-state index contributed by atoms with van der Waals surface area (Å²) in [5, 5.41) is 6.45. The van der Waals surface area contributed by atoms with Crippen LogP contribution in [0, 0.1) is 6.92 Å². The average Bonchev–Trinajstić information content (AvgIpc) is 2.78. The number of methoxy groups -OCH3 is 1. The van der Waals surface area contributed by atoms with E-state index in [1.807, 2.05) is 30.5 Å². The second-order valence-corrected chi connectivity index (χ2v) is 5.00. The Bertz CT molecular complexity index is 539. The molecule has 2 aromatic rings. The maximum atomic E-state index is 6.02. The topological polar surface area (TPSA) is 60.2 Å². The third-order valence-electron chi connectivity index (χ3n) is 2.67. The van der Waals surface area contributed by atoms with Gasteiger partial charge in [0.2, 0.25) is 0 Å². The smallest absolute Gasteiger partial charge is 0.143 e. The Morgan fingerprint density at radius 2 is 2.22 bits per heavy atom. The first-order valence-electron chi connectivity index (χ1n) is 5.73. The highest BCUT2D eigenvalue weighted by molar-refractivity contribution is 7.09. The van der Waals surface area contributed by atoms with E-state index in [0.717, 1.165) is 16.4 Å². The molecule has 1 heterocycles. The minimum absolute atomic E-state index is 0.123. The van der Waals surface area contributed by atoms with Crippen LogP contribution in [0.2, 0.25) is 0 Å². The Balaban J connectivity index is 2.19. The second kappa shape index (κ2) is 5.27. The lowest BCUT2D eigenvalue weighted by Gasteiger charge is -2.16. The van der Waals surface area contributed by atoms with Crippen molar-refractivity contribution < 1.29 is 4.74 Å². The predicted molar refractivity (Wildman–Crippen MR) is 76.3 cm³/mol. The van der Waals surface area contributed by atoms with Gasteiger partial charge in [0.15, 0.2) is 0 Å². The first kappa shape index (κ1) is 12.7. The van der Waals surface area contributed by atoms with Gasteiger partial charge in [0.05, 0.1) is 24.5 Å². The zero-order valence-electron chi connectivity index (χ0n) is 10.7. The minimum Gasteiger partial charge on any atom is -0.495 e. The molecular formula is C13H17N3OS. The van der Waals surface area contributed by atoms with E-state index in [1.165, 1.54) is 0 Å². The lowest BCUT2D eigenvalue weighted by molar-refractivity contribution is 0.417.